The summed E-state index contributed by atoms with van der Waals surface area (Å²) in [6.07, 6.45) is 3.72. The Bertz CT molecular complexity index is 959. The Kier molecular flexibility index (Phi) is 4.45. The number of H-pyrrole nitrogens is 1. The average Bonchev–Trinajstić information content (AvgIpc) is 3.17. The molecule has 1 aliphatic rings. The van der Waals surface area contributed by atoms with Crippen molar-refractivity contribution < 1.29 is 14.0 Å². The number of nitrogens with one attached hydrogen (secondary N) is 2. The molecule has 0 bridgehead atoms. The highest BCUT2D eigenvalue weighted by atomic mass is 16.3. The minimum Gasteiger partial charge on any atom is -0.459 e. The van der Waals surface area contributed by atoms with Crippen LogP contribution in [0.1, 0.15) is 35.1 Å². The van der Waals surface area contributed by atoms with Crippen molar-refractivity contribution in [3.63, 3.8) is 0 Å². The summed E-state index contributed by atoms with van der Waals surface area (Å²) in [4.78, 5) is 30.2. The lowest BCUT2D eigenvalue weighted by molar-refractivity contribution is -0.116. The molecule has 0 radical (unpaired) electrons. The van der Waals surface area contributed by atoms with E-state index in [0.29, 0.717) is 17.4 Å². The summed E-state index contributed by atoms with van der Waals surface area (Å²) in [6, 6.07) is 10.5. The number of benzene rings is 1. The zero-order chi connectivity index (χ0) is 18.8. The lowest BCUT2D eigenvalue weighted by Gasteiger charge is -2.15. The van der Waals surface area contributed by atoms with E-state index in [-0.39, 0.29) is 24.1 Å². The molecule has 0 aliphatic heterocycles. The summed E-state index contributed by atoms with van der Waals surface area (Å²) in [5.74, 6) is 1.57. The number of amides is 2. The third-order valence-electron chi connectivity index (χ3n) is 4.33. The summed E-state index contributed by atoms with van der Waals surface area (Å²) < 4.78 is 5.06. The number of hydrogen-bond donors (Lipinski definition) is 2. The molecular weight excluding hydrogens is 346 g/mol. The lowest BCUT2D eigenvalue weighted by atomic mass is 10.2. The molecule has 4 rings (SSSR count). The van der Waals surface area contributed by atoms with Gasteiger partial charge < -0.3 is 14.6 Å². The van der Waals surface area contributed by atoms with Crippen molar-refractivity contribution in [1.29, 1.82) is 0 Å². The van der Waals surface area contributed by atoms with Crippen molar-refractivity contribution in [1.82, 2.24) is 20.1 Å². The number of furan rings is 1. The summed E-state index contributed by atoms with van der Waals surface area (Å²) in [5, 5.41) is 10.0. The van der Waals surface area contributed by atoms with Crippen molar-refractivity contribution >= 4 is 17.5 Å². The van der Waals surface area contributed by atoms with Crippen molar-refractivity contribution in [2.24, 2.45) is 0 Å². The van der Waals surface area contributed by atoms with Gasteiger partial charge in [0.25, 0.3) is 5.91 Å². The predicted molar refractivity (Wildman–Crippen MR) is 98.1 cm³/mol. The van der Waals surface area contributed by atoms with Gasteiger partial charge in [-0.25, -0.2) is 4.98 Å². The molecule has 0 unspecified atom stereocenters. The first kappa shape index (κ1) is 17.0. The monoisotopic (exact) mass is 365 g/mol. The van der Waals surface area contributed by atoms with Gasteiger partial charge >= 0.3 is 0 Å². The second-order valence-electron chi connectivity index (χ2n) is 6.59. The lowest BCUT2D eigenvalue weighted by Crippen LogP contribution is -2.34. The second-order valence-corrected chi connectivity index (χ2v) is 6.59. The maximum absolute atomic E-state index is 12.3. The first-order valence-corrected chi connectivity index (χ1v) is 8.71. The van der Waals surface area contributed by atoms with E-state index < -0.39 is 0 Å². The molecule has 0 saturated heterocycles. The van der Waals surface area contributed by atoms with Gasteiger partial charge in [0, 0.05) is 24.2 Å². The summed E-state index contributed by atoms with van der Waals surface area (Å²) in [5.41, 5.74) is 1.44. The van der Waals surface area contributed by atoms with E-state index in [0.717, 1.165) is 24.2 Å². The minimum atomic E-state index is -0.350. The first-order chi connectivity index (χ1) is 13.1. The first-order valence-electron chi connectivity index (χ1n) is 8.71. The van der Waals surface area contributed by atoms with Gasteiger partial charge in [0.2, 0.25) is 5.91 Å². The molecule has 8 nitrogen and oxygen atoms in total. The highest BCUT2D eigenvalue weighted by Crippen LogP contribution is 2.38. The van der Waals surface area contributed by atoms with Crippen LogP contribution >= 0.6 is 0 Å². The molecule has 27 heavy (non-hydrogen) atoms. The molecule has 2 aromatic heterocycles. The predicted octanol–water partition coefficient (Wildman–Crippen LogP) is 2.65. The molecular formula is C19H19N5O3. The Balaban J connectivity index is 1.40. The minimum absolute atomic E-state index is 0.0871. The standard InChI is InChI=1S/C19H19N5O3/c1-24(19(26)15-6-3-9-27-15)11-16(25)20-14-5-2-4-13(10-14)18-21-17(22-23-18)12-7-8-12/h2-6,9-10,12H,7-8,11H2,1H3,(H,20,25)(H,21,22,23). The van der Waals surface area contributed by atoms with Gasteiger partial charge in [-0.15, -0.1) is 0 Å². The molecule has 0 atom stereocenters. The van der Waals surface area contributed by atoms with Crippen LogP contribution in [0.5, 0.6) is 0 Å². The van der Waals surface area contributed by atoms with Crippen LogP contribution in [0.25, 0.3) is 11.4 Å². The fourth-order valence-electron chi connectivity index (χ4n) is 2.75. The van der Waals surface area contributed by atoms with Gasteiger partial charge in [-0.05, 0) is 37.1 Å². The van der Waals surface area contributed by atoms with Gasteiger partial charge in [0.15, 0.2) is 11.6 Å². The van der Waals surface area contributed by atoms with Crippen LogP contribution in [0.4, 0.5) is 5.69 Å². The van der Waals surface area contributed by atoms with Crippen LogP contribution in [0.2, 0.25) is 0 Å². The van der Waals surface area contributed by atoms with Crippen LogP contribution in [0, 0.1) is 0 Å². The zero-order valence-corrected chi connectivity index (χ0v) is 14.8. The van der Waals surface area contributed by atoms with Crippen molar-refractivity contribution in [2.45, 2.75) is 18.8 Å². The Morgan fingerprint density at radius 1 is 1.30 bits per heavy atom. The molecule has 1 aliphatic carbocycles. The van der Waals surface area contributed by atoms with Gasteiger partial charge in [0.05, 0.1) is 12.8 Å². The smallest absolute Gasteiger partial charge is 0.289 e. The number of nitrogens with zero attached hydrogens (tertiary/aromatic N) is 3. The fourth-order valence-corrected chi connectivity index (χ4v) is 2.75. The Morgan fingerprint density at radius 3 is 2.89 bits per heavy atom. The number of likely N-dealkylation sites (N-methyl/N-ethyl adjacent to an activating group) is 1. The average molecular weight is 365 g/mol. The van der Waals surface area contributed by atoms with E-state index in [9.17, 15) is 9.59 Å². The van der Waals surface area contributed by atoms with Crippen molar-refractivity contribution in [3.05, 3.63) is 54.2 Å². The number of aromatic amines is 1. The largest absolute Gasteiger partial charge is 0.459 e. The molecule has 8 heteroatoms. The van der Waals surface area contributed by atoms with Crippen LogP contribution < -0.4 is 5.32 Å². The molecule has 2 amide bonds. The number of rotatable bonds is 6. The molecule has 1 aromatic carbocycles. The molecule has 138 valence electrons. The Labute approximate surface area is 155 Å². The number of carbonyl (C=O) groups excluding carboxylic acids is 2. The molecule has 2 N–H and O–H groups in total. The Morgan fingerprint density at radius 2 is 2.15 bits per heavy atom. The fraction of sp³-hybridized carbons (Fsp3) is 0.263. The Hall–Kier alpha value is -3.42. The number of carbonyl (C=O) groups is 2. The highest BCUT2D eigenvalue weighted by Gasteiger charge is 2.27. The topological polar surface area (TPSA) is 104 Å². The van der Waals surface area contributed by atoms with Crippen LogP contribution in [-0.4, -0.2) is 45.5 Å². The van der Waals surface area contributed by atoms with E-state index in [1.165, 1.54) is 11.2 Å². The summed E-state index contributed by atoms with van der Waals surface area (Å²) in [7, 11) is 1.55. The second kappa shape index (κ2) is 7.06. The number of anilines is 1. The zero-order valence-electron chi connectivity index (χ0n) is 14.8. The summed E-state index contributed by atoms with van der Waals surface area (Å²) >= 11 is 0. The third-order valence-corrected chi connectivity index (χ3v) is 4.33. The van der Waals surface area contributed by atoms with Gasteiger partial charge in [-0.3, -0.25) is 14.7 Å². The summed E-state index contributed by atoms with van der Waals surface area (Å²) in [6.45, 7) is -0.0871. The van der Waals surface area contributed by atoms with Gasteiger partial charge in [-0.2, -0.15) is 5.10 Å². The SMILES string of the molecule is CN(CC(=O)Nc1cccc(-c2n[nH]c(C3CC3)n2)c1)C(=O)c1ccco1. The van der Waals surface area contributed by atoms with Crippen LogP contribution in [0.3, 0.4) is 0 Å². The van der Waals surface area contributed by atoms with E-state index in [1.807, 2.05) is 18.2 Å². The van der Waals surface area contributed by atoms with Gasteiger partial charge in [0.1, 0.15) is 5.82 Å². The van der Waals surface area contributed by atoms with E-state index in [1.54, 1.807) is 25.2 Å². The molecule has 2 heterocycles. The van der Waals surface area contributed by atoms with E-state index in [4.69, 9.17) is 4.42 Å². The quantitative estimate of drug-likeness (QED) is 0.699. The number of aromatic nitrogens is 3. The normalized spacial score (nSPS) is 13.4. The molecule has 0 spiro atoms. The number of hydrogen-bond acceptors (Lipinski definition) is 5. The van der Waals surface area contributed by atoms with E-state index in [2.05, 4.69) is 20.5 Å². The highest BCUT2D eigenvalue weighted by molar-refractivity contribution is 5.98. The third kappa shape index (κ3) is 3.89. The maximum atomic E-state index is 12.3. The van der Waals surface area contributed by atoms with Crippen LogP contribution in [0.15, 0.2) is 47.1 Å². The van der Waals surface area contributed by atoms with E-state index >= 15 is 0 Å². The maximum Gasteiger partial charge on any atom is 0.289 e. The molecule has 3 aromatic rings. The van der Waals surface area contributed by atoms with Crippen molar-refractivity contribution in [3.8, 4) is 11.4 Å². The van der Waals surface area contributed by atoms with Crippen LogP contribution in [-0.2, 0) is 4.79 Å². The molecule has 1 saturated carbocycles. The van der Waals surface area contributed by atoms with Gasteiger partial charge in [-0.1, -0.05) is 12.1 Å². The van der Waals surface area contributed by atoms with Crippen molar-refractivity contribution in [2.75, 3.05) is 18.9 Å². The molecule has 1 fully saturated rings.